The lowest BCUT2D eigenvalue weighted by atomic mass is 9.81. The number of carbonyl (C=O) groups excluding carboxylic acids is 2. The van der Waals surface area contributed by atoms with Crippen LogP contribution in [0, 0.1) is 11.8 Å². The summed E-state index contributed by atoms with van der Waals surface area (Å²) >= 11 is 12.0. The van der Waals surface area contributed by atoms with Gasteiger partial charge in [-0.25, -0.2) is 0 Å². The number of hydrogen-bond acceptors (Lipinski definition) is 4. The van der Waals surface area contributed by atoms with Gasteiger partial charge in [0.15, 0.2) is 5.75 Å². The Morgan fingerprint density at radius 2 is 1.67 bits per heavy atom. The maximum absolute atomic E-state index is 12.4. The number of aliphatic hydroxyl groups is 1. The molecule has 3 atom stereocenters. The van der Waals surface area contributed by atoms with Crippen molar-refractivity contribution in [1.82, 2.24) is 4.90 Å². The molecule has 5 nitrogen and oxygen atoms in total. The number of hydrogen-bond donors (Lipinski definition) is 1. The number of halogens is 2. The van der Waals surface area contributed by atoms with E-state index in [1.165, 1.54) is 4.90 Å². The van der Waals surface area contributed by atoms with E-state index < -0.39 is 6.10 Å². The van der Waals surface area contributed by atoms with Crippen molar-refractivity contribution in [3.8, 4) is 5.75 Å². The molecule has 3 rings (SSSR count). The van der Waals surface area contributed by atoms with E-state index in [-0.39, 0.29) is 42.6 Å². The highest BCUT2D eigenvalue weighted by molar-refractivity contribution is 6.37. The first kappa shape index (κ1) is 17.5. The molecule has 1 aliphatic carbocycles. The van der Waals surface area contributed by atoms with Crippen LogP contribution in [0.2, 0.25) is 10.0 Å². The monoisotopic (exact) mass is 371 g/mol. The van der Waals surface area contributed by atoms with Crippen molar-refractivity contribution in [3.63, 3.8) is 0 Å². The van der Waals surface area contributed by atoms with Crippen molar-refractivity contribution in [2.75, 3.05) is 13.2 Å². The molecule has 1 saturated carbocycles. The number of benzene rings is 1. The molecule has 1 aliphatic heterocycles. The first-order chi connectivity index (χ1) is 11.5. The molecule has 0 spiro atoms. The Bertz CT molecular complexity index is 607. The molecule has 0 bridgehead atoms. The molecule has 0 aromatic heterocycles. The van der Waals surface area contributed by atoms with Gasteiger partial charge in [-0.3, -0.25) is 14.5 Å². The van der Waals surface area contributed by atoms with Crippen LogP contribution >= 0.6 is 23.2 Å². The minimum Gasteiger partial charge on any atom is -0.488 e. The van der Waals surface area contributed by atoms with Gasteiger partial charge in [-0.15, -0.1) is 0 Å². The maximum atomic E-state index is 12.4. The van der Waals surface area contributed by atoms with E-state index in [4.69, 9.17) is 27.9 Å². The third-order valence-electron chi connectivity index (χ3n) is 4.66. The zero-order chi connectivity index (χ0) is 17.3. The van der Waals surface area contributed by atoms with E-state index in [1.54, 1.807) is 18.2 Å². The summed E-state index contributed by atoms with van der Waals surface area (Å²) in [6.07, 6.45) is 2.47. The predicted molar refractivity (Wildman–Crippen MR) is 90.1 cm³/mol. The van der Waals surface area contributed by atoms with Crippen molar-refractivity contribution in [1.29, 1.82) is 0 Å². The van der Waals surface area contributed by atoms with Crippen LogP contribution in [0.25, 0.3) is 0 Å². The van der Waals surface area contributed by atoms with Crippen molar-refractivity contribution in [2.45, 2.75) is 31.8 Å². The first-order valence-electron chi connectivity index (χ1n) is 8.09. The van der Waals surface area contributed by atoms with E-state index in [0.717, 1.165) is 25.7 Å². The number of para-hydroxylation sites is 1. The molecule has 7 heteroatoms. The number of aliphatic hydroxyl groups excluding tert-OH is 1. The summed E-state index contributed by atoms with van der Waals surface area (Å²) in [4.78, 5) is 25.9. The van der Waals surface area contributed by atoms with Gasteiger partial charge in [0.2, 0.25) is 11.8 Å². The van der Waals surface area contributed by atoms with Gasteiger partial charge in [0, 0.05) is 0 Å². The molecule has 1 aromatic carbocycles. The van der Waals surface area contributed by atoms with Crippen LogP contribution in [-0.4, -0.2) is 41.1 Å². The molecule has 1 N–H and O–H groups in total. The zero-order valence-corrected chi connectivity index (χ0v) is 14.6. The summed E-state index contributed by atoms with van der Waals surface area (Å²) in [5.74, 6) is -0.471. The van der Waals surface area contributed by atoms with Crippen LogP contribution in [0.15, 0.2) is 18.2 Å². The van der Waals surface area contributed by atoms with Gasteiger partial charge in [0.25, 0.3) is 0 Å². The highest BCUT2D eigenvalue weighted by Crippen LogP contribution is 2.38. The molecular formula is C17H19Cl2NO4. The molecule has 1 saturated heterocycles. The average Bonchev–Trinajstić information content (AvgIpc) is 2.80. The quantitative estimate of drug-likeness (QED) is 0.808. The number of amides is 2. The zero-order valence-electron chi connectivity index (χ0n) is 13.1. The number of fused-ring (bicyclic) bond motifs is 1. The highest BCUT2D eigenvalue weighted by Gasteiger charge is 2.48. The second-order valence-electron chi connectivity index (χ2n) is 6.30. The fourth-order valence-electron chi connectivity index (χ4n) is 3.47. The lowest BCUT2D eigenvalue weighted by Crippen LogP contribution is -2.40. The number of rotatable bonds is 5. The molecule has 130 valence electrons. The molecule has 3 unspecified atom stereocenters. The van der Waals surface area contributed by atoms with E-state index in [2.05, 4.69) is 0 Å². The third kappa shape index (κ3) is 3.39. The van der Waals surface area contributed by atoms with Gasteiger partial charge in [-0.2, -0.15) is 0 Å². The Morgan fingerprint density at radius 1 is 1.12 bits per heavy atom. The van der Waals surface area contributed by atoms with Gasteiger partial charge in [0.1, 0.15) is 12.7 Å². The van der Waals surface area contributed by atoms with E-state index >= 15 is 0 Å². The van der Waals surface area contributed by atoms with Gasteiger partial charge < -0.3 is 9.84 Å². The number of carbonyl (C=O) groups is 2. The molecule has 1 aromatic rings. The van der Waals surface area contributed by atoms with Crippen LogP contribution in [0.3, 0.4) is 0 Å². The molecule has 2 fully saturated rings. The smallest absolute Gasteiger partial charge is 0.233 e. The van der Waals surface area contributed by atoms with Crippen molar-refractivity contribution >= 4 is 35.0 Å². The Labute approximate surface area is 150 Å². The van der Waals surface area contributed by atoms with Crippen LogP contribution < -0.4 is 4.74 Å². The SMILES string of the molecule is O=C1C2CCCCC2C(=O)N1CC(O)COc1c(Cl)cccc1Cl. The summed E-state index contributed by atoms with van der Waals surface area (Å²) in [6, 6.07) is 4.96. The molecular weight excluding hydrogens is 353 g/mol. The Kier molecular flexibility index (Phi) is 5.33. The van der Waals surface area contributed by atoms with E-state index in [0.29, 0.717) is 10.0 Å². The summed E-state index contributed by atoms with van der Waals surface area (Å²) in [6.45, 7) is -0.164. The minimum atomic E-state index is -0.995. The Hall–Kier alpha value is -1.30. The second kappa shape index (κ2) is 7.30. The molecule has 24 heavy (non-hydrogen) atoms. The first-order valence-corrected chi connectivity index (χ1v) is 8.84. The number of ether oxygens (including phenoxy) is 1. The second-order valence-corrected chi connectivity index (χ2v) is 7.11. The van der Waals surface area contributed by atoms with Crippen molar-refractivity contribution < 1.29 is 19.4 Å². The number of β-amino-alcohol motifs (C(OH)–C–C–N with tert-alkyl or cyclic N) is 1. The number of nitrogens with zero attached hydrogens (tertiary/aromatic N) is 1. The number of likely N-dealkylation sites (tertiary alicyclic amines) is 1. The number of imide groups is 1. The fraction of sp³-hybridized carbons (Fsp3) is 0.529. The van der Waals surface area contributed by atoms with E-state index in [1.807, 2.05) is 0 Å². The van der Waals surface area contributed by atoms with Crippen LogP contribution in [0.4, 0.5) is 0 Å². The Morgan fingerprint density at radius 3 is 2.21 bits per heavy atom. The van der Waals surface area contributed by atoms with Crippen LogP contribution in [0.1, 0.15) is 25.7 Å². The summed E-state index contributed by atoms with van der Waals surface area (Å²) in [5, 5.41) is 10.8. The van der Waals surface area contributed by atoms with E-state index in [9.17, 15) is 14.7 Å². The third-order valence-corrected chi connectivity index (χ3v) is 5.26. The normalized spacial score (nSPS) is 24.9. The Balaban J connectivity index is 1.60. The minimum absolute atomic E-state index is 0.0628. The lowest BCUT2D eigenvalue weighted by molar-refractivity contribution is -0.141. The highest BCUT2D eigenvalue weighted by atomic mass is 35.5. The summed E-state index contributed by atoms with van der Waals surface area (Å²) < 4.78 is 5.47. The van der Waals surface area contributed by atoms with Crippen molar-refractivity contribution in [3.05, 3.63) is 28.2 Å². The van der Waals surface area contributed by atoms with Gasteiger partial charge in [0.05, 0.1) is 28.4 Å². The van der Waals surface area contributed by atoms with Crippen LogP contribution in [-0.2, 0) is 9.59 Å². The largest absolute Gasteiger partial charge is 0.488 e. The molecule has 0 radical (unpaired) electrons. The molecule has 2 amide bonds. The fourth-order valence-corrected chi connectivity index (χ4v) is 3.98. The lowest BCUT2D eigenvalue weighted by Gasteiger charge is -2.20. The summed E-state index contributed by atoms with van der Waals surface area (Å²) in [5.41, 5.74) is 0. The standard InChI is InChI=1S/C17H19Cl2NO4/c18-13-6-3-7-14(19)15(13)24-9-10(21)8-20-16(22)11-4-1-2-5-12(11)17(20)23/h3,6-7,10-12,21H,1-2,4-5,8-9H2. The average molecular weight is 372 g/mol. The van der Waals surface area contributed by atoms with Crippen molar-refractivity contribution in [2.24, 2.45) is 11.8 Å². The van der Waals surface area contributed by atoms with Gasteiger partial charge in [-0.05, 0) is 25.0 Å². The maximum Gasteiger partial charge on any atom is 0.233 e. The topological polar surface area (TPSA) is 66.8 Å². The van der Waals surface area contributed by atoms with Gasteiger partial charge in [-0.1, -0.05) is 42.1 Å². The molecule has 1 heterocycles. The molecule has 2 aliphatic rings. The van der Waals surface area contributed by atoms with Crippen LogP contribution in [0.5, 0.6) is 5.75 Å². The van der Waals surface area contributed by atoms with Gasteiger partial charge >= 0.3 is 0 Å². The predicted octanol–water partition coefficient (Wildman–Crippen LogP) is 2.91. The summed E-state index contributed by atoms with van der Waals surface area (Å²) in [7, 11) is 0.